The topological polar surface area (TPSA) is 115 Å². The van der Waals surface area contributed by atoms with Crippen molar-refractivity contribution in [3.8, 4) is 22.5 Å². The maximum Gasteiger partial charge on any atom is 0.338 e. The number of piperazine rings is 1. The molecule has 0 spiro atoms. The summed E-state index contributed by atoms with van der Waals surface area (Å²) >= 11 is 0. The zero-order valence-corrected chi connectivity index (χ0v) is 21.3. The van der Waals surface area contributed by atoms with Crippen LogP contribution < -0.4 is 20.7 Å². The minimum Gasteiger partial charge on any atom is -0.369 e. The number of nitrogens with zero attached hydrogens (tertiary/aromatic N) is 6. The number of hydrogen-bond acceptors (Lipinski definition) is 7. The fraction of sp³-hybridized carbons (Fsp3) is 0.214. The summed E-state index contributed by atoms with van der Waals surface area (Å²) in [6.07, 6.45) is 1.63. The molecule has 0 bridgehead atoms. The number of benzene rings is 2. The van der Waals surface area contributed by atoms with E-state index < -0.39 is 6.03 Å². The van der Waals surface area contributed by atoms with Gasteiger partial charge < -0.3 is 15.5 Å². The van der Waals surface area contributed by atoms with E-state index in [0.29, 0.717) is 39.6 Å². The molecule has 6 rings (SSSR count). The number of primary amides is 1. The van der Waals surface area contributed by atoms with Crippen molar-refractivity contribution in [2.24, 2.45) is 5.73 Å². The van der Waals surface area contributed by atoms with Gasteiger partial charge in [-0.2, -0.15) is 5.10 Å². The summed E-state index contributed by atoms with van der Waals surface area (Å²) in [4.78, 5) is 35.6. The standard InChI is InChI=1S/C28H28N8O2/c1-33-14-16-35(17-15-33)19-11-9-18(10-12-19)25-24-26(32-31-25)20-6-5-7-21(23(20)27(24)37)36(28(29)38)34(2)22-8-3-4-13-30-22/h3-13H,14-17H2,1-2H3,(H2,29,38)(H,31,32). The molecule has 1 fully saturated rings. The Morgan fingerprint density at radius 2 is 1.74 bits per heavy atom. The number of hydrazine groups is 1. The van der Waals surface area contributed by atoms with Gasteiger partial charge in [0, 0.05) is 56.2 Å². The first-order valence-corrected chi connectivity index (χ1v) is 12.5. The molecule has 0 atom stereocenters. The lowest BCUT2D eigenvalue weighted by Gasteiger charge is -2.34. The largest absolute Gasteiger partial charge is 0.369 e. The molecule has 1 aliphatic carbocycles. The van der Waals surface area contributed by atoms with Crippen molar-refractivity contribution in [1.29, 1.82) is 0 Å². The lowest BCUT2D eigenvalue weighted by molar-refractivity contribution is 0.104. The third-order valence-electron chi connectivity index (χ3n) is 7.26. The van der Waals surface area contributed by atoms with Crippen LogP contribution in [0.5, 0.6) is 0 Å². The molecule has 0 unspecified atom stereocenters. The highest BCUT2D eigenvalue weighted by Crippen LogP contribution is 2.44. The fourth-order valence-electron chi connectivity index (χ4n) is 5.22. The number of nitrogens with two attached hydrogens (primary N) is 1. The molecular formula is C28H28N8O2. The van der Waals surface area contributed by atoms with E-state index >= 15 is 0 Å². The molecule has 2 amide bonds. The summed E-state index contributed by atoms with van der Waals surface area (Å²) in [7, 11) is 3.82. The molecule has 0 saturated carbocycles. The van der Waals surface area contributed by atoms with Crippen LogP contribution in [0.15, 0.2) is 66.9 Å². The number of carbonyl (C=O) groups is 2. The van der Waals surface area contributed by atoms with Crippen LogP contribution in [-0.4, -0.2) is 72.2 Å². The number of aromatic nitrogens is 3. The van der Waals surface area contributed by atoms with Gasteiger partial charge in [-0.3, -0.25) is 14.9 Å². The maximum atomic E-state index is 13.9. The number of carbonyl (C=O) groups excluding carboxylic acids is 2. The number of hydrogen-bond donors (Lipinski definition) is 2. The van der Waals surface area contributed by atoms with Gasteiger partial charge in [0.15, 0.2) is 5.78 Å². The van der Waals surface area contributed by atoms with Crippen LogP contribution in [0.4, 0.5) is 22.0 Å². The summed E-state index contributed by atoms with van der Waals surface area (Å²) in [5.74, 6) is 0.298. The van der Waals surface area contributed by atoms with E-state index in [1.165, 1.54) is 10.0 Å². The third-order valence-corrected chi connectivity index (χ3v) is 7.26. The van der Waals surface area contributed by atoms with Gasteiger partial charge in [0.2, 0.25) is 0 Å². The average molecular weight is 509 g/mol. The molecule has 0 radical (unpaired) electrons. The molecular weight excluding hydrogens is 480 g/mol. The minimum absolute atomic E-state index is 0.210. The number of anilines is 3. The van der Waals surface area contributed by atoms with Crippen molar-refractivity contribution in [2.75, 3.05) is 55.2 Å². The van der Waals surface area contributed by atoms with Gasteiger partial charge in [-0.05, 0) is 37.4 Å². The summed E-state index contributed by atoms with van der Waals surface area (Å²) < 4.78 is 0. The smallest absolute Gasteiger partial charge is 0.338 e. The second kappa shape index (κ2) is 9.31. The Balaban J connectivity index is 1.35. The van der Waals surface area contributed by atoms with Crippen LogP contribution in [0.25, 0.3) is 22.5 Å². The summed E-state index contributed by atoms with van der Waals surface area (Å²) in [6, 6.07) is 18.2. The molecule has 1 aliphatic heterocycles. The number of H-pyrrole nitrogens is 1. The minimum atomic E-state index is -0.731. The van der Waals surface area contributed by atoms with Crippen LogP contribution in [0.2, 0.25) is 0 Å². The molecule has 3 N–H and O–H groups in total. The van der Waals surface area contributed by atoms with E-state index in [1.807, 2.05) is 24.3 Å². The van der Waals surface area contributed by atoms with Crippen molar-refractivity contribution in [1.82, 2.24) is 20.1 Å². The predicted octanol–water partition coefficient (Wildman–Crippen LogP) is 3.37. The second-order valence-corrected chi connectivity index (χ2v) is 9.55. The molecule has 3 heterocycles. The molecule has 2 aliphatic rings. The highest BCUT2D eigenvalue weighted by Gasteiger charge is 2.37. The molecule has 10 nitrogen and oxygen atoms in total. The number of rotatable bonds is 5. The van der Waals surface area contributed by atoms with Crippen LogP contribution in [0, 0.1) is 0 Å². The van der Waals surface area contributed by atoms with Crippen LogP contribution in [0.1, 0.15) is 15.9 Å². The van der Waals surface area contributed by atoms with E-state index in [-0.39, 0.29) is 5.78 Å². The summed E-state index contributed by atoms with van der Waals surface area (Å²) in [5, 5.41) is 10.4. The number of pyridine rings is 1. The van der Waals surface area contributed by atoms with Crippen molar-refractivity contribution >= 4 is 29.0 Å². The Morgan fingerprint density at radius 3 is 2.42 bits per heavy atom. The maximum absolute atomic E-state index is 13.9. The Hall–Kier alpha value is -4.70. The van der Waals surface area contributed by atoms with Crippen LogP contribution >= 0.6 is 0 Å². The Labute approximate surface area is 220 Å². The van der Waals surface area contributed by atoms with E-state index in [0.717, 1.165) is 37.4 Å². The Bertz CT molecular complexity index is 1510. The van der Waals surface area contributed by atoms with Gasteiger partial charge in [-0.1, -0.05) is 30.3 Å². The first kappa shape index (κ1) is 23.7. The lowest BCUT2D eigenvalue weighted by Crippen LogP contribution is -2.48. The Kier molecular flexibility index (Phi) is 5.80. The fourth-order valence-corrected chi connectivity index (χ4v) is 5.22. The van der Waals surface area contributed by atoms with Crippen molar-refractivity contribution in [3.05, 3.63) is 78.0 Å². The second-order valence-electron chi connectivity index (χ2n) is 9.55. The quantitative estimate of drug-likeness (QED) is 0.350. The molecule has 2 aromatic carbocycles. The van der Waals surface area contributed by atoms with E-state index in [1.54, 1.807) is 37.5 Å². The molecule has 192 valence electrons. The zero-order chi connectivity index (χ0) is 26.4. The molecule has 4 aromatic rings. The van der Waals surface area contributed by atoms with Gasteiger partial charge in [0.05, 0.1) is 22.5 Å². The Morgan fingerprint density at radius 1 is 0.974 bits per heavy atom. The molecule has 38 heavy (non-hydrogen) atoms. The number of likely N-dealkylation sites (N-methyl/N-ethyl adjacent to an activating group) is 1. The highest BCUT2D eigenvalue weighted by molar-refractivity contribution is 6.27. The number of urea groups is 1. The van der Waals surface area contributed by atoms with Gasteiger partial charge in [0.25, 0.3) is 0 Å². The highest BCUT2D eigenvalue weighted by atomic mass is 16.2. The number of nitrogens with one attached hydrogen (secondary N) is 1. The summed E-state index contributed by atoms with van der Waals surface area (Å²) in [6.45, 7) is 4.02. The molecule has 2 aromatic heterocycles. The van der Waals surface area contributed by atoms with Crippen molar-refractivity contribution in [2.45, 2.75) is 0 Å². The SMILES string of the molecule is CN1CCN(c2ccc(-c3[nH]nc4c3C(=O)c3c-4cccc3N(C(N)=O)N(C)c3ccccn3)cc2)CC1. The number of fused-ring (bicyclic) bond motifs is 3. The third kappa shape index (κ3) is 3.86. The normalized spacial score (nSPS) is 14.8. The first-order chi connectivity index (χ1) is 18.4. The zero-order valence-electron chi connectivity index (χ0n) is 21.3. The van der Waals surface area contributed by atoms with Gasteiger partial charge in [-0.25, -0.2) is 14.8 Å². The van der Waals surface area contributed by atoms with E-state index in [2.05, 4.69) is 44.2 Å². The van der Waals surface area contributed by atoms with Gasteiger partial charge in [-0.15, -0.1) is 0 Å². The average Bonchev–Trinajstić information content (AvgIpc) is 3.50. The first-order valence-electron chi connectivity index (χ1n) is 12.5. The number of aromatic amines is 1. The lowest BCUT2D eigenvalue weighted by atomic mass is 10.0. The van der Waals surface area contributed by atoms with Crippen molar-refractivity contribution < 1.29 is 9.59 Å². The van der Waals surface area contributed by atoms with E-state index in [9.17, 15) is 9.59 Å². The van der Waals surface area contributed by atoms with E-state index in [4.69, 9.17) is 5.73 Å². The predicted molar refractivity (Wildman–Crippen MR) is 147 cm³/mol. The summed E-state index contributed by atoms with van der Waals surface area (Å²) in [5.41, 5.74) is 11.0. The van der Waals surface area contributed by atoms with Crippen LogP contribution in [-0.2, 0) is 0 Å². The number of ketones is 1. The molecule has 1 saturated heterocycles. The van der Waals surface area contributed by atoms with Crippen molar-refractivity contribution in [3.63, 3.8) is 0 Å². The van der Waals surface area contributed by atoms with Gasteiger partial charge >= 0.3 is 6.03 Å². The molecule has 10 heteroatoms. The van der Waals surface area contributed by atoms with Crippen LogP contribution in [0.3, 0.4) is 0 Å². The monoisotopic (exact) mass is 508 g/mol. The number of amides is 2. The van der Waals surface area contributed by atoms with Gasteiger partial charge in [0.1, 0.15) is 11.5 Å².